The van der Waals surface area contributed by atoms with Crippen molar-refractivity contribution in [1.29, 1.82) is 0 Å². The largest absolute Gasteiger partial charge is 0.573 e. The molecule has 8 heteroatoms. The Labute approximate surface area is 161 Å². The summed E-state index contributed by atoms with van der Waals surface area (Å²) < 4.78 is 41.4. The Kier molecular flexibility index (Phi) is 4.81. The lowest BCUT2D eigenvalue weighted by Gasteiger charge is -2.30. The summed E-state index contributed by atoms with van der Waals surface area (Å²) in [5.74, 6) is 1.84. The number of aromatic nitrogens is 2. The first-order valence-electron chi connectivity index (χ1n) is 9.55. The minimum Gasteiger partial charge on any atom is -0.406 e. The van der Waals surface area contributed by atoms with Gasteiger partial charge in [0.1, 0.15) is 11.6 Å². The van der Waals surface area contributed by atoms with Crippen LogP contribution in [0.25, 0.3) is 0 Å². The van der Waals surface area contributed by atoms with Gasteiger partial charge in [0.25, 0.3) is 0 Å². The molecule has 1 aliphatic carbocycles. The average Bonchev–Trinajstić information content (AvgIpc) is 3.44. The molecule has 150 valence electrons. The molecule has 1 aromatic carbocycles. The third-order valence-electron chi connectivity index (χ3n) is 4.89. The number of hydrogen-bond acceptors (Lipinski definition) is 5. The molecule has 0 radical (unpaired) electrons. The molecule has 5 nitrogen and oxygen atoms in total. The van der Waals surface area contributed by atoms with Gasteiger partial charge < -0.3 is 15.0 Å². The van der Waals surface area contributed by atoms with Gasteiger partial charge in [0.15, 0.2) is 0 Å². The third kappa shape index (κ3) is 4.48. The number of anilines is 2. The first-order chi connectivity index (χ1) is 13.3. The molecule has 4 rings (SSSR count). The summed E-state index contributed by atoms with van der Waals surface area (Å²) in [6, 6.07) is 6.85. The van der Waals surface area contributed by atoms with Crippen molar-refractivity contribution in [3.05, 3.63) is 41.1 Å². The highest BCUT2D eigenvalue weighted by Crippen LogP contribution is 2.40. The molecule has 0 amide bonds. The zero-order chi connectivity index (χ0) is 19.9. The van der Waals surface area contributed by atoms with Gasteiger partial charge in [-0.2, -0.15) is 4.98 Å². The molecule has 0 bridgehead atoms. The van der Waals surface area contributed by atoms with Crippen LogP contribution in [0.5, 0.6) is 5.75 Å². The number of fused-ring (bicyclic) bond motifs is 1. The zero-order valence-corrected chi connectivity index (χ0v) is 15.9. The van der Waals surface area contributed by atoms with Gasteiger partial charge in [0.05, 0.1) is 5.69 Å². The summed E-state index contributed by atoms with van der Waals surface area (Å²) in [7, 11) is 0. The fraction of sp³-hybridized carbons (Fsp3) is 0.500. The lowest BCUT2D eigenvalue weighted by Crippen LogP contribution is -2.31. The molecule has 1 saturated carbocycles. The highest BCUT2D eigenvalue weighted by Gasteiger charge is 2.32. The molecule has 2 aromatic rings. The first-order valence-corrected chi connectivity index (χ1v) is 9.55. The number of alkyl halides is 3. The van der Waals surface area contributed by atoms with Crippen LogP contribution in [0.15, 0.2) is 24.3 Å². The predicted molar refractivity (Wildman–Crippen MR) is 101 cm³/mol. The van der Waals surface area contributed by atoms with Crippen molar-refractivity contribution in [2.75, 3.05) is 16.8 Å². The fourth-order valence-electron chi connectivity index (χ4n) is 3.45. The van der Waals surface area contributed by atoms with Crippen LogP contribution >= 0.6 is 0 Å². The minimum absolute atomic E-state index is 0.166. The Bertz CT molecular complexity index is 865. The molecule has 28 heavy (non-hydrogen) atoms. The van der Waals surface area contributed by atoms with E-state index in [0.717, 1.165) is 35.5 Å². The molecule has 2 heterocycles. The van der Waals surface area contributed by atoms with Crippen molar-refractivity contribution in [2.45, 2.75) is 58.0 Å². The molecule has 1 aliphatic heterocycles. The van der Waals surface area contributed by atoms with E-state index in [1.165, 1.54) is 12.1 Å². The molecular weight excluding hydrogens is 369 g/mol. The Morgan fingerprint density at radius 3 is 2.61 bits per heavy atom. The van der Waals surface area contributed by atoms with E-state index in [1.807, 2.05) is 13.8 Å². The van der Waals surface area contributed by atoms with Crippen LogP contribution in [0.2, 0.25) is 0 Å². The molecule has 0 spiro atoms. The van der Waals surface area contributed by atoms with Gasteiger partial charge in [-0.05, 0) is 56.4 Å². The number of halogens is 3. The van der Waals surface area contributed by atoms with Gasteiger partial charge in [-0.3, -0.25) is 0 Å². The smallest absolute Gasteiger partial charge is 0.406 e. The summed E-state index contributed by atoms with van der Waals surface area (Å²) in [5, 5.41) is 3.28. The van der Waals surface area contributed by atoms with Crippen LogP contribution in [0.1, 0.15) is 49.4 Å². The Hall–Kier alpha value is -2.51. The van der Waals surface area contributed by atoms with E-state index in [1.54, 1.807) is 6.07 Å². The van der Waals surface area contributed by atoms with E-state index < -0.39 is 6.36 Å². The summed E-state index contributed by atoms with van der Waals surface area (Å²) >= 11 is 0. The average molecular weight is 392 g/mol. The monoisotopic (exact) mass is 392 g/mol. The number of ether oxygens (including phenoxy) is 1. The second-order valence-corrected chi connectivity index (χ2v) is 7.70. The Morgan fingerprint density at radius 1 is 1.14 bits per heavy atom. The summed E-state index contributed by atoms with van der Waals surface area (Å²) in [5.41, 5.74) is 2.94. The van der Waals surface area contributed by atoms with Crippen LogP contribution in [0.3, 0.4) is 0 Å². The van der Waals surface area contributed by atoms with Crippen LogP contribution < -0.4 is 15.0 Å². The minimum atomic E-state index is -4.67. The van der Waals surface area contributed by atoms with E-state index in [2.05, 4.69) is 31.0 Å². The van der Waals surface area contributed by atoms with E-state index in [9.17, 15) is 13.2 Å². The maximum Gasteiger partial charge on any atom is 0.573 e. The van der Waals surface area contributed by atoms with Gasteiger partial charge in [-0.15, -0.1) is 13.2 Å². The molecule has 1 N–H and O–H groups in total. The maximum atomic E-state index is 12.4. The standard InChI is InChI=1S/C20H23F3N4O/c1-12(2)24-19-25-17(13-3-4-13)10-18(26-19)27-8-7-14-9-16(28-20(21,22)23)6-5-15(14)11-27/h5-6,9-10,12-13H,3-4,7-8,11H2,1-2H3,(H,24,25,26). The van der Waals surface area contributed by atoms with Crippen molar-refractivity contribution >= 4 is 11.8 Å². The Morgan fingerprint density at radius 2 is 1.93 bits per heavy atom. The van der Waals surface area contributed by atoms with Crippen molar-refractivity contribution in [3.8, 4) is 5.75 Å². The van der Waals surface area contributed by atoms with Gasteiger partial charge in [0.2, 0.25) is 5.95 Å². The van der Waals surface area contributed by atoms with Crippen molar-refractivity contribution in [3.63, 3.8) is 0 Å². The molecule has 1 fully saturated rings. The van der Waals surface area contributed by atoms with Crippen molar-refractivity contribution in [2.24, 2.45) is 0 Å². The second kappa shape index (κ2) is 7.14. The lowest BCUT2D eigenvalue weighted by molar-refractivity contribution is -0.274. The number of rotatable bonds is 5. The highest BCUT2D eigenvalue weighted by molar-refractivity contribution is 5.50. The topological polar surface area (TPSA) is 50.3 Å². The van der Waals surface area contributed by atoms with E-state index in [4.69, 9.17) is 0 Å². The molecule has 0 saturated heterocycles. The van der Waals surface area contributed by atoms with Gasteiger partial charge in [0, 0.05) is 31.1 Å². The molecule has 0 atom stereocenters. The van der Waals surface area contributed by atoms with Gasteiger partial charge >= 0.3 is 6.36 Å². The third-order valence-corrected chi connectivity index (χ3v) is 4.89. The van der Waals surface area contributed by atoms with Gasteiger partial charge in [-0.25, -0.2) is 4.98 Å². The second-order valence-electron chi connectivity index (χ2n) is 7.70. The van der Waals surface area contributed by atoms with Crippen LogP contribution in [-0.4, -0.2) is 28.9 Å². The number of hydrogen-bond donors (Lipinski definition) is 1. The van der Waals surface area contributed by atoms with Gasteiger partial charge in [-0.1, -0.05) is 6.07 Å². The first kappa shape index (κ1) is 18.8. The van der Waals surface area contributed by atoms with E-state index >= 15 is 0 Å². The number of nitrogens with zero attached hydrogens (tertiary/aromatic N) is 3. The molecule has 0 unspecified atom stereocenters. The highest BCUT2D eigenvalue weighted by atomic mass is 19.4. The number of nitrogens with one attached hydrogen (secondary N) is 1. The summed E-state index contributed by atoms with van der Waals surface area (Å²) in [4.78, 5) is 11.5. The maximum absolute atomic E-state index is 12.4. The zero-order valence-electron chi connectivity index (χ0n) is 15.9. The van der Waals surface area contributed by atoms with E-state index in [0.29, 0.717) is 31.4 Å². The predicted octanol–water partition coefficient (Wildman–Crippen LogP) is 4.64. The molecular formula is C20H23F3N4O. The van der Waals surface area contributed by atoms with Crippen LogP contribution in [0.4, 0.5) is 24.9 Å². The van der Waals surface area contributed by atoms with E-state index in [-0.39, 0.29) is 11.8 Å². The normalized spacial score (nSPS) is 16.9. The van der Waals surface area contributed by atoms with Crippen molar-refractivity contribution in [1.82, 2.24) is 9.97 Å². The SMILES string of the molecule is CC(C)Nc1nc(C2CC2)cc(N2CCc3cc(OC(F)(F)F)ccc3C2)n1. The summed E-state index contributed by atoms with van der Waals surface area (Å²) in [6.07, 6.45) is -1.72. The number of benzene rings is 1. The Balaban J connectivity index is 1.56. The quantitative estimate of drug-likeness (QED) is 0.804. The van der Waals surface area contributed by atoms with Crippen LogP contribution in [-0.2, 0) is 13.0 Å². The molecule has 1 aromatic heterocycles. The van der Waals surface area contributed by atoms with Crippen molar-refractivity contribution < 1.29 is 17.9 Å². The lowest BCUT2D eigenvalue weighted by atomic mass is 9.99. The molecule has 2 aliphatic rings. The summed E-state index contributed by atoms with van der Waals surface area (Å²) in [6.45, 7) is 5.38. The van der Waals surface area contributed by atoms with Crippen LogP contribution in [0, 0.1) is 0 Å². The fourth-order valence-corrected chi connectivity index (χ4v) is 3.45.